The van der Waals surface area contributed by atoms with Gasteiger partial charge >= 0.3 is 0 Å². The molecule has 2 unspecified atom stereocenters. The third-order valence-corrected chi connectivity index (χ3v) is 6.31. The number of nitrogens with zero attached hydrogens (tertiary/aromatic N) is 1. The molecule has 1 aromatic rings. The molecule has 0 spiro atoms. The van der Waals surface area contributed by atoms with Gasteiger partial charge in [0.2, 0.25) is 5.09 Å². The molecule has 1 aliphatic heterocycles. The summed E-state index contributed by atoms with van der Waals surface area (Å²) in [5.41, 5.74) is 0. The van der Waals surface area contributed by atoms with Crippen LogP contribution in [0, 0.1) is 5.92 Å². The van der Waals surface area contributed by atoms with Crippen LogP contribution < -0.4 is 5.32 Å². The zero-order chi connectivity index (χ0) is 15.0. The molecule has 2 atom stereocenters. The normalized spacial score (nSPS) is 27.9. The Morgan fingerprint density at radius 3 is 2.71 bits per heavy atom. The Morgan fingerprint density at radius 1 is 1.29 bits per heavy atom. The smallest absolute Gasteiger partial charge is 0.276 e. The van der Waals surface area contributed by atoms with E-state index >= 15 is 0 Å². The number of hydrogen-bond acceptors (Lipinski definition) is 4. The van der Waals surface area contributed by atoms with Crippen LogP contribution in [0.3, 0.4) is 0 Å². The van der Waals surface area contributed by atoms with Gasteiger partial charge < -0.3 is 9.73 Å². The van der Waals surface area contributed by atoms with Crippen molar-refractivity contribution in [1.82, 2.24) is 9.62 Å². The third kappa shape index (κ3) is 3.33. The van der Waals surface area contributed by atoms with Crippen molar-refractivity contribution in [2.24, 2.45) is 5.92 Å². The average molecular weight is 312 g/mol. The lowest BCUT2D eigenvalue weighted by molar-refractivity contribution is 0.215. The Hall–Kier alpha value is -0.850. The highest BCUT2D eigenvalue weighted by Gasteiger charge is 2.35. The van der Waals surface area contributed by atoms with Crippen molar-refractivity contribution in [3.63, 3.8) is 0 Å². The van der Waals surface area contributed by atoms with Gasteiger partial charge in [0.25, 0.3) is 10.0 Å². The maximum atomic E-state index is 12.7. The van der Waals surface area contributed by atoms with Crippen molar-refractivity contribution in [1.29, 1.82) is 0 Å². The topological polar surface area (TPSA) is 62.6 Å². The molecular weight excluding hydrogens is 288 g/mol. The lowest BCUT2D eigenvalue weighted by Gasteiger charge is -2.34. The van der Waals surface area contributed by atoms with Crippen LogP contribution in [0.1, 0.15) is 45.3 Å². The molecular formula is C15H24N2O3S. The minimum Gasteiger partial charge on any atom is -0.447 e. The minimum absolute atomic E-state index is 0.0388. The van der Waals surface area contributed by atoms with Crippen molar-refractivity contribution >= 4 is 10.0 Å². The first-order valence-corrected chi connectivity index (χ1v) is 9.25. The van der Waals surface area contributed by atoms with Crippen molar-refractivity contribution in [2.45, 2.75) is 63.3 Å². The lowest BCUT2D eigenvalue weighted by atomic mass is 9.95. The summed E-state index contributed by atoms with van der Waals surface area (Å²) in [6.07, 6.45) is 4.24. The van der Waals surface area contributed by atoms with Gasteiger partial charge in [0.15, 0.2) is 0 Å². The molecule has 1 aliphatic carbocycles. The SMILES string of the molecule is CC1CCN(S(=O)(=O)c2ccc(CNC3CC3)o2)C(C)C1. The second-order valence-corrected chi connectivity index (χ2v) is 8.29. The predicted molar refractivity (Wildman–Crippen MR) is 80.3 cm³/mol. The summed E-state index contributed by atoms with van der Waals surface area (Å²) in [5, 5.41) is 3.41. The molecule has 1 saturated carbocycles. The van der Waals surface area contributed by atoms with Gasteiger partial charge in [0.05, 0.1) is 6.54 Å². The van der Waals surface area contributed by atoms with Crippen molar-refractivity contribution in [2.75, 3.05) is 6.54 Å². The predicted octanol–water partition coefficient (Wildman–Crippen LogP) is 2.34. The summed E-state index contributed by atoms with van der Waals surface area (Å²) in [6, 6.07) is 3.97. The van der Waals surface area contributed by atoms with Crippen LogP contribution in [0.2, 0.25) is 0 Å². The van der Waals surface area contributed by atoms with E-state index in [4.69, 9.17) is 4.42 Å². The summed E-state index contributed by atoms with van der Waals surface area (Å²) >= 11 is 0. The fourth-order valence-electron chi connectivity index (χ4n) is 2.98. The monoisotopic (exact) mass is 312 g/mol. The van der Waals surface area contributed by atoms with Crippen LogP contribution in [0.15, 0.2) is 21.6 Å². The number of sulfonamides is 1. The van der Waals surface area contributed by atoms with Crippen LogP contribution in [-0.4, -0.2) is 31.4 Å². The van der Waals surface area contributed by atoms with E-state index in [2.05, 4.69) is 12.2 Å². The maximum Gasteiger partial charge on any atom is 0.276 e. The zero-order valence-corrected chi connectivity index (χ0v) is 13.5. The Balaban J connectivity index is 1.71. The maximum absolute atomic E-state index is 12.7. The van der Waals surface area contributed by atoms with Crippen LogP contribution in [0.4, 0.5) is 0 Å². The number of hydrogen-bond donors (Lipinski definition) is 1. The van der Waals surface area contributed by atoms with Crippen LogP contribution in [0.25, 0.3) is 0 Å². The minimum atomic E-state index is -3.50. The van der Waals surface area contributed by atoms with Crippen LogP contribution >= 0.6 is 0 Å². The van der Waals surface area contributed by atoms with Crippen molar-refractivity contribution < 1.29 is 12.8 Å². The molecule has 5 nitrogen and oxygen atoms in total. The molecule has 118 valence electrons. The highest BCUT2D eigenvalue weighted by Crippen LogP contribution is 2.29. The third-order valence-electron chi connectivity index (χ3n) is 4.42. The number of furan rings is 1. The van der Waals surface area contributed by atoms with Gasteiger partial charge in [-0.3, -0.25) is 0 Å². The fourth-order valence-corrected chi connectivity index (χ4v) is 4.57. The largest absolute Gasteiger partial charge is 0.447 e. The van der Waals surface area contributed by atoms with E-state index < -0.39 is 10.0 Å². The van der Waals surface area contributed by atoms with E-state index in [9.17, 15) is 8.42 Å². The first kappa shape index (κ1) is 15.1. The van der Waals surface area contributed by atoms with Gasteiger partial charge in [-0.05, 0) is 50.7 Å². The fraction of sp³-hybridized carbons (Fsp3) is 0.733. The van der Waals surface area contributed by atoms with Gasteiger partial charge in [-0.15, -0.1) is 0 Å². The van der Waals surface area contributed by atoms with E-state index in [1.165, 1.54) is 12.8 Å². The Bertz CT molecular complexity index is 592. The first-order chi connectivity index (χ1) is 9.96. The van der Waals surface area contributed by atoms with E-state index in [0.29, 0.717) is 30.8 Å². The summed E-state index contributed by atoms with van der Waals surface area (Å²) in [7, 11) is -3.50. The molecule has 6 heteroatoms. The molecule has 1 saturated heterocycles. The molecule has 2 aliphatic rings. The molecule has 0 radical (unpaired) electrons. The molecule has 3 rings (SSSR count). The molecule has 2 fully saturated rings. The Morgan fingerprint density at radius 2 is 2.05 bits per heavy atom. The molecule has 1 aromatic heterocycles. The summed E-state index contributed by atoms with van der Waals surface area (Å²) < 4.78 is 32.5. The number of nitrogens with one attached hydrogen (secondary N) is 1. The highest BCUT2D eigenvalue weighted by molar-refractivity contribution is 7.89. The number of piperidine rings is 1. The molecule has 0 bridgehead atoms. The molecule has 21 heavy (non-hydrogen) atoms. The van der Waals surface area contributed by atoms with Gasteiger partial charge in [0, 0.05) is 18.6 Å². The van der Waals surface area contributed by atoms with E-state index in [0.717, 1.165) is 12.8 Å². The second kappa shape index (κ2) is 5.74. The van der Waals surface area contributed by atoms with Crippen LogP contribution in [-0.2, 0) is 16.6 Å². The molecule has 0 aromatic carbocycles. The van der Waals surface area contributed by atoms with Gasteiger partial charge in [0.1, 0.15) is 5.76 Å². The molecule has 2 heterocycles. The summed E-state index contributed by atoms with van der Waals surface area (Å²) in [4.78, 5) is 0. The molecule has 1 N–H and O–H groups in total. The van der Waals surface area contributed by atoms with Gasteiger partial charge in [-0.2, -0.15) is 4.31 Å². The Kier molecular flexibility index (Phi) is 4.12. The van der Waals surface area contributed by atoms with Crippen molar-refractivity contribution in [3.8, 4) is 0 Å². The lowest BCUT2D eigenvalue weighted by Crippen LogP contribution is -2.43. The van der Waals surface area contributed by atoms with Crippen LogP contribution in [0.5, 0.6) is 0 Å². The molecule has 0 amide bonds. The van der Waals surface area contributed by atoms with E-state index in [1.54, 1.807) is 16.4 Å². The first-order valence-electron chi connectivity index (χ1n) is 7.81. The second-order valence-electron chi connectivity index (χ2n) is 6.47. The standard InChI is InChI=1S/C15H24N2O3S/c1-11-7-8-17(12(2)9-11)21(18,19)15-6-5-14(20-15)10-16-13-3-4-13/h5-6,11-13,16H,3-4,7-10H2,1-2H3. The van der Waals surface area contributed by atoms with Crippen molar-refractivity contribution in [3.05, 3.63) is 17.9 Å². The van der Waals surface area contributed by atoms with E-state index in [1.807, 2.05) is 6.92 Å². The quantitative estimate of drug-likeness (QED) is 0.906. The summed E-state index contributed by atoms with van der Waals surface area (Å²) in [6.45, 7) is 5.34. The van der Waals surface area contributed by atoms with Gasteiger partial charge in [-0.25, -0.2) is 8.42 Å². The summed E-state index contributed by atoms with van der Waals surface area (Å²) in [5.74, 6) is 1.28. The van der Waals surface area contributed by atoms with Gasteiger partial charge in [-0.1, -0.05) is 6.92 Å². The highest BCUT2D eigenvalue weighted by atomic mass is 32.2. The average Bonchev–Trinajstić information content (AvgIpc) is 3.12. The Labute approximate surface area is 126 Å². The number of rotatable bonds is 5. The van der Waals surface area contributed by atoms with E-state index in [-0.39, 0.29) is 11.1 Å². The zero-order valence-electron chi connectivity index (χ0n) is 12.7.